The summed E-state index contributed by atoms with van der Waals surface area (Å²) in [6, 6.07) is 3.16. The number of aldehydes is 1. The van der Waals surface area contributed by atoms with Crippen molar-refractivity contribution >= 4 is 23.9 Å². The summed E-state index contributed by atoms with van der Waals surface area (Å²) >= 11 is 0. The number of hydrogen-bond acceptors (Lipinski definition) is 6. The van der Waals surface area contributed by atoms with Gasteiger partial charge in [-0.05, 0) is 6.07 Å². The smallest absolute Gasteiger partial charge is 0.338 e. The Labute approximate surface area is 107 Å². The van der Waals surface area contributed by atoms with Gasteiger partial charge in [0.1, 0.15) is 6.29 Å². The highest BCUT2D eigenvalue weighted by molar-refractivity contribution is 6.06. The number of non-ortho nitro benzene ring substituents is 1. The number of hydrogen-bond donors (Lipinski definition) is 1. The van der Waals surface area contributed by atoms with E-state index in [1.54, 1.807) is 0 Å². The quantitative estimate of drug-likeness (QED) is 0.355. The lowest BCUT2D eigenvalue weighted by Crippen LogP contribution is -2.27. The molecule has 0 aliphatic carbocycles. The number of rotatable bonds is 5. The lowest BCUT2D eigenvalue weighted by atomic mass is 10.1. The van der Waals surface area contributed by atoms with E-state index < -0.39 is 16.8 Å². The zero-order chi connectivity index (χ0) is 14.4. The van der Waals surface area contributed by atoms with E-state index in [2.05, 4.69) is 10.1 Å². The lowest BCUT2D eigenvalue weighted by molar-refractivity contribution is -0.384. The first-order valence-electron chi connectivity index (χ1n) is 5.09. The minimum absolute atomic E-state index is 0.0979. The molecule has 0 aromatic heterocycles. The average Bonchev–Trinajstić information content (AvgIpc) is 2.43. The third-order valence-corrected chi connectivity index (χ3v) is 2.21. The molecule has 0 spiro atoms. The van der Waals surface area contributed by atoms with E-state index in [4.69, 9.17) is 0 Å². The number of benzene rings is 1. The molecular weight excluding hydrogens is 256 g/mol. The zero-order valence-electron chi connectivity index (χ0n) is 9.91. The Balaban J connectivity index is 3.22. The predicted molar refractivity (Wildman–Crippen MR) is 62.8 cm³/mol. The number of ether oxygens (including phenoxy) is 1. The zero-order valence-corrected chi connectivity index (χ0v) is 9.91. The number of nitrogens with zero attached hydrogens (tertiary/aromatic N) is 1. The van der Waals surface area contributed by atoms with Crippen molar-refractivity contribution in [3.63, 3.8) is 0 Å². The first-order chi connectivity index (χ1) is 9.01. The van der Waals surface area contributed by atoms with E-state index in [0.29, 0.717) is 6.29 Å². The second-order valence-electron chi connectivity index (χ2n) is 3.36. The molecule has 0 fully saturated rings. The molecule has 1 rings (SSSR count). The third kappa shape index (κ3) is 3.35. The molecule has 0 saturated heterocycles. The minimum atomic E-state index is -0.875. The molecule has 0 unspecified atom stereocenters. The summed E-state index contributed by atoms with van der Waals surface area (Å²) in [7, 11) is 1.09. The summed E-state index contributed by atoms with van der Waals surface area (Å²) < 4.78 is 4.46. The van der Waals surface area contributed by atoms with E-state index in [-0.39, 0.29) is 23.4 Å². The van der Waals surface area contributed by atoms with Gasteiger partial charge >= 0.3 is 5.97 Å². The number of nitro benzene ring substituents is 1. The number of carbonyl (C=O) groups excluding carboxylic acids is 3. The SMILES string of the molecule is COC(=O)c1cc([N+](=O)[O-])ccc1C(=O)NCC=O. The molecule has 0 atom stereocenters. The van der Waals surface area contributed by atoms with Gasteiger partial charge < -0.3 is 14.8 Å². The van der Waals surface area contributed by atoms with Crippen LogP contribution in [0.5, 0.6) is 0 Å². The Morgan fingerprint density at radius 1 is 1.42 bits per heavy atom. The van der Waals surface area contributed by atoms with Crippen LogP contribution in [0, 0.1) is 10.1 Å². The van der Waals surface area contributed by atoms with Crippen molar-refractivity contribution in [3.8, 4) is 0 Å². The second-order valence-corrected chi connectivity index (χ2v) is 3.36. The van der Waals surface area contributed by atoms with Crippen molar-refractivity contribution in [2.45, 2.75) is 0 Å². The molecule has 0 bridgehead atoms. The van der Waals surface area contributed by atoms with E-state index in [9.17, 15) is 24.5 Å². The molecule has 19 heavy (non-hydrogen) atoms. The maximum absolute atomic E-state index is 11.7. The van der Waals surface area contributed by atoms with Gasteiger partial charge in [-0.1, -0.05) is 0 Å². The highest BCUT2D eigenvalue weighted by Crippen LogP contribution is 2.18. The predicted octanol–water partition coefficient (Wildman–Crippen LogP) is 0.310. The van der Waals surface area contributed by atoms with Crippen LogP contribution in [0.25, 0.3) is 0 Å². The Morgan fingerprint density at radius 2 is 2.11 bits per heavy atom. The van der Waals surface area contributed by atoms with Crippen LogP contribution >= 0.6 is 0 Å². The van der Waals surface area contributed by atoms with Gasteiger partial charge in [0.25, 0.3) is 11.6 Å². The first-order valence-corrected chi connectivity index (χ1v) is 5.09. The van der Waals surface area contributed by atoms with E-state index >= 15 is 0 Å². The van der Waals surface area contributed by atoms with Crippen molar-refractivity contribution in [1.82, 2.24) is 5.32 Å². The monoisotopic (exact) mass is 266 g/mol. The van der Waals surface area contributed by atoms with E-state index in [1.807, 2.05) is 0 Å². The van der Waals surface area contributed by atoms with E-state index in [0.717, 1.165) is 25.3 Å². The highest BCUT2D eigenvalue weighted by Gasteiger charge is 2.21. The fourth-order valence-corrected chi connectivity index (χ4v) is 1.35. The van der Waals surface area contributed by atoms with Crippen molar-refractivity contribution < 1.29 is 24.0 Å². The number of nitrogens with one attached hydrogen (secondary N) is 1. The third-order valence-electron chi connectivity index (χ3n) is 2.21. The van der Waals surface area contributed by atoms with Gasteiger partial charge in [0, 0.05) is 12.1 Å². The van der Waals surface area contributed by atoms with Crippen LogP contribution in [-0.2, 0) is 9.53 Å². The van der Waals surface area contributed by atoms with Crippen LogP contribution in [0.4, 0.5) is 5.69 Å². The summed E-state index contributed by atoms with van der Waals surface area (Å²) in [5.74, 6) is -1.57. The Morgan fingerprint density at radius 3 is 2.63 bits per heavy atom. The molecule has 1 aromatic carbocycles. The summed E-state index contributed by atoms with van der Waals surface area (Å²) in [4.78, 5) is 43.3. The Kier molecular flexibility index (Phi) is 4.69. The highest BCUT2D eigenvalue weighted by atomic mass is 16.6. The number of methoxy groups -OCH3 is 1. The number of amides is 1. The molecule has 100 valence electrons. The van der Waals surface area contributed by atoms with Crippen LogP contribution in [0.15, 0.2) is 18.2 Å². The summed E-state index contributed by atoms with van der Waals surface area (Å²) in [6.45, 7) is -0.226. The fourth-order valence-electron chi connectivity index (χ4n) is 1.35. The topological polar surface area (TPSA) is 116 Å². The van der Waals surface area contributed by atoms with Gasteiger partial charge in [0.15, 0.2) is 0 Å². The second kappa shape index (κ2) is 6.24. The van der Waals surface area contributed by atoms with Gasteiger partial charge in [-0.15, -0.1) is 0 Å². The molecule has 1 N–H and O–H groups in total. The van der Waals surface area contributed by atoms with E-state index in [1.165, 1.54) is 0 Å². The normalized spacial score (nSPS) is 9.53. The van der Waals surface area contributed by atoms with Crippen LogP contribution in [0.3, 0.4) is 0 Å². The summed E-state index contributed by atoms with van der Waals surface area (Å²) in [5.41, 5.74) is -0.674. The largest absolute Gasteiger partial charge is 0.465 e. The van der Waals surface area contributed by atoms with Crippen molar-refractivity contribution in [2.75, 3.05) is 13.7 Å². The van der Waals surface area contributed by atoms with Crippen LogP contribution in [-0.4, -0.2) is 36.7 Å². The standard InChI is InChI=1S/C11H10N2O6/c1-19-11(16)9-6-7(13(17)18)2-3-8(9)10(15)12-4-5-14/h2-3,5-6H,4H2,1H3,(H,12,15). The maximum Gasteiger partial charge on any atom is 0.338 e. The lowest BCUT2D eigenvalue weighted by Gasteiger charge is -2.07. The molecule has 0 aliphatic heterocycles. The molecule has 0 heterocycles. The molecule has 0 saturated carbocycles. The molecule has 8 heteroatoms. The maximum atomic E-state index is 11.7. The number of esters is 1. The Hall–Kier alpha value is -2.77. The fraction of sp³-hybridized carbons (Fsp3) is 0.182. The summed E-state index contributed by atoms with van der Waals surface area (Å²) in [5, 5.41) is 12.9. The first kappa shape index (κ1) is 14.3. The molecule has 0 aliphatic rings. The average molecular weight is 266 g/mol. The molecular formula is C11H10N2O6. The summed E-state index contributed by atoms with van der Waals surface area (Å²) in [6.07, 6.45) is 0.473. The van der Waals surface area contributed by atoms with Gasteiger partial charge in [0.05, 0.1) is 29.7 Å². The van der Waals surface area contributed by atoms with Crippen LogP contribution in [0.2, 0.25) is 0 Å². The number of carbonyl (C=O) groups is 3. The van der Waals surface area contributed by atoms with Crippen LogP contribution < -0.4 is 5.32 Å². The van der Waals surface area contributed by atoms with Crippen molar-refractivity contribution in [3.05, 3.63) is 39.4 Å². The van der Waals surface area contributed by atoms with Crippen molar-refractivity contribution in [2.24, 2.45) is 0 Å². The van der Waals surface area contributed by atoms with Crippen LogP contribution in [0.1, 0.15) is 20.7 Å². The Bertz CT molecular complexity index is 540. The van der Waals surface area contributed by atoms with Crippen molar-refractivity contribution in [1.29, 1.82) is 0 Å². The molecule has 1 amide bonds. The van der Waals surface area contributed by atoms with Gasteiger partial charge in [-0.3, -0.25) is 14.9 Å². The van der Waals surface area contributed by atoms with Gasteiger partial charge in [-0.25, -0.2) is 4.79 Å². The number of nitro groups is 1. The van der Waals surface area contributed by atoms with Gasteiger partial charge in [0.2, 0.25) is 0 Å². The molecule has 0 radical (unpaired) electrons. The molecule has 1 aromatic rings. The minimum Gasteiger partial charge on any atom is -0.465 e. The van der Waals surface area contributed by atoms with Gasteiger partial charge in [-0.2, -0.15) is 0 Å². The molecule has 8 nitrogen and oxygen atoms in total.